The molecule has 4 bridgehead atoms. The summed E-state index contributed by atoms with van der Waals surface area (Å²) >= 11 is 0. The van der Waals surface area contributed by atoms with E-state index in [0.717, 1.165) is 30.2 Å². The Balaban J connectivity index is 1.25. The van der Waals surface area contributed by atoms with E-state index in [1.807, 2.05) is 7.05 Å². The van der Waals surface area contributed by atoms with E-state index in [2.05, 4.69) is 20.7 Å². The van der Waals surface area contributed by atoms with E-state index < -0.39 is 0 Å². The zero-order valence-corrected chi connectivity index (χ0v) is 13.2. The second kappa shape index (κ2) is 5.56. The first kappa shape index (κ1) is 14.0. The number of rotatable bonds is 4. The molecule has 2 N–H and O–H groups in total. The number of urea groups is 1. The van der Waals surface area contributed by atoms with Gasteiger partial charge in [0.15, 0.2) is 5.82 Å². The molecule has 0 radical (unpaired) electrons. The molecule has 0 aromatic carbocycles. The van der Waals surface area contributed by atoms with Crippen LogP contribution in [0.4, 0.5) is 4.79 Å². The largest absolute Gasteiger partial charge is 0.338 e. The van der Waals surface area contributed by atoms with E-state index >= 15 is 0 Å². The number of amides is 2. The van der Waals surface area contributed by atoms with Gasteiger partial charge in [-0.25, -0.2) is 9.78 Å². The monoisotopic (exact) mass is 303 g/mol. The summed E-state index contributed by atoms with van der Waals surface area (Å²) in [6, 6.07) is -0.0961. The summed E-state index contributed by atoms with van der Waals surface area (Å²) in [6.45, 7) is 1.21. The molecule has 0 atom stereocenters. The lowest BCUT2D eigenvalue weighted by molar-refractivity contribution is -0.0343. The van der Waals surface area contributed by atoms with Crippen molar-refractivity contribution in [1.29, 1.82) is 0 Å². The molecule has 0 unspecified atom stereocenters. The van der Waals surface area contributed by atoms with Crippen LogP contribution in [0.2, 0.25) is 0 Å². The van der Waals surface area contributed by atoms with Crippen molar-refractivity contribution >= 4 is 6.03 Å². The second-order valence-corrected chi connectivity index (χ2v) is 7.49. The van der Waals surface area contributed by atoms with Crippen LogP contribution in [0.1, 0.15) is 37.9 Å². The summed E-state index contributed by atoms with van der Waals surface area (Å²) < 4.78 is 1.64. The van der Waals surface area contributed by atoms with Gasteiger partial charge in [0.2, 0.25) is 0 Å². The Morgan fingerprint density at radius 3 is 2.45 bits per heavy atom. The fourth-order valence-electron chi connectivity index (χ4n) is 5.27. The van der Waals surface area contributed by atoms with Crippen molar-refractivity contribution in [3.8, 4) is 0 Å². The zero-order valence-electron chi connectivity index (χ0n) is 13.2. The molecule has 5 rings (SSSR count). The van der Waals surface area contributed by atoms with Crippen LogP contribution in [-0.2, 0) is 13.6 Å². The molecule has 0 saturated heterocycles. The fourth-order valence-corrected chi connectivity index (χ4v) is 5.27. The molecule has 6 nitrogen and oxygen atoms in total. The van der Waals surface area contributed by atoms with Crippen LogP contribution in [0, 0.1) is 29.6 Å². The summed E-state index contributed by atoms with van der Waals surface area (Å²) in [4.78, 5) is 16.1. The molecule has 1 aromatic rings. The third-order valence-electron chi connectivity index (χ3n) is 5.97. The number of carbonyl (C=O) groups excluding carboxylic acids is 1. The van der Waals surface area contributed by atoms with Crippen molar-refractivity contribution in [1.82, 2.24) is 25.4 Å². The van der Waals surface area contributed by atoms with Crippen LogP contribution in [0.25, 0.3) is 0 Å². The van der Waals surface area contributed by atoms with Crippen LogP contribution in [0.5, 0.6) is 0 Å². The van der Waals surface area contributed by atoms with Crippen LogP contribution in [0.3, 0.4) is 0 Å². The molecule has 2 amide bonds. The summed E-state index contributed by atoms with van der Waals surface area (Å²) in [7, 11) is 1.82. The predicted octanol–water partition coefficient (Wildman–Crippen LogP) is 1.69. The first-order valence-electron chi connectivity index (χ1n) is 8.53. The third kappa shape index (κ3) is 2.71. The average Bonchev–Trinajstić information content (AvgIpc) is 2.89. The van der Waals surface area contributed by atoms with Gasteiger partial charge in [-0.2, -0.15) is 5.10 Å². The highest BCUT2D eigenvalue weighted by molar-refractivity contribution is 5.73. The van der Waals surface area contributed by atoms with Gasteiger partial charge < -0.3 is 10.6 Å². The zero-order chi connectivity index (χ0) is 15.1. The van der Waals surface area contributed by atoms with Gasteiger partial charge >= 0.3 is 6.03 Å². The maximum Gasteiger partial charge on any atom is 0.315 e. The van der Waals surface area contributed by atoms with Crippen LogP contribution >= 0.6 is 0 Å². The van der Waals surface area contributed by atoms with Crippen LogP contribution in [0.15, 0.2) is 6.33 Å². The Hall–Kier alpha value is -1.59. The average molecular weight is 303 g/mol. The van der Waals surface area contributed by atoms with E-state index in [0.29, 0.717) is 18.3 Å². The number of carbonyl (C=O) groups is 1. The van der Waals surface area contributed by atoms with E-state index in [1.165, 1.54) is 32.1 Å². The Bertz CT molecular complexity index is 526. The van der Waals surface area contributed by atoms with E-state index in [1.54, 1.807) is 11.0 Å². The number of nitrogens with zero attached hydrogens (tertiary/aromatic N) is 3. The maximum atomic E-state index is 12.0. The van der Waals surface area contributed by atoms with Crippen molar-refractivity contribution in [2.75, 3.05) is 6.54 Å². The van der Waals surface area contributed by atoms with Crippen LogP contribution < -0.4 is 10.6 Å². The molecule has 22 heavy (non-hydrogen) atoms. The minimum absolute atomic E-state index is 0.0961. The van der Waals surface area contributed by atoms with Crippen molar-refractivity contribution < 1.29 is 4.79 Å². The number of hydrogen-bond acceptors (Lipinski definition) is 3. The molecule has 4 aliphatic rings. The highest BCUT2D eigenvalue weighted by atomic mass is 16.2. The SMILES string of the molecule is Cn1cnc(CNC(=O)NCC2C3CC4CC(C3)CC2C4)n1. The Kier molecular flexibility index (Phi) is 3.54. The standard InChI is InChI=1S/C16H25N5O/c1-21-9-19-15(20-21)8-18-16(22)17-7-14-12-3-10-2-11(5-12)6-13(14)4-10/h9-14H,2-8H2,1H3,(H2,17,18,22). The number of hydrogen-bond donors (Lipinski definition) is 2. The van der Waals surface area contributed by atoms with Gasteiger partial charge in [0.05, 0.1) is 6.54 Å². The number of aryl methyl sites for hydroxylation is 1. The highest BCUT2D eigenvalue weighted by Crippen LogP contribution is 2.56. The van der Waals surface area contributed by atoms with Gasteiger partial charge in [0.25, 0.3) is 0 Å². The van der Waals surface area contributed by atoms with Crippen molar-refractivity contribution in [3.63, 3.8) is 0 Å². The predicted molar refractivity (Wildman–Crippen MR) is 81.8 cm³/mol. The van der Waals surface area contributed by atoms with E-state index in [-0.39, 0.29) is 6.03 Å². The van der Waals surface area contributed by atoms with Crippen molar-refractivity contribution in [3.05, 3.63) is 12.2 Å². The lowest BCUT2D eigenvalue weighted by Gasteiger charge is -2.54. The molecule has 0 aliphatic heterocycles. The minimum atomic E-state index is -0.0961. The number of nitrogens with one attached hydrogen (secondary N) is 2. The molecule has 120 valence electrons. The molecule has 1 heterocycles. The lowest BCUT2D eigenvalue weighted by atomic mass is 9.52. The van der Waals surface area contributed by atoms with Crippen LogP contribution in [-0.4, -0.2) is 27.3 Å². The smallest absolute Gasteiger partial charge is 0.315 e. The minimum Gasteiger partial charge on any atom is -0.338 e. The molecule has 1 aromatic heterocycles. The van der Waals surface area contributed by atoms with Gasteiger partial charge in [-0.1, -0.05) is 0 Å². The summed E-state index contributed by atoms with van der Waals surface area (Å²) in [5.74, 6) is 5.03. The van der Waals surface area contributed by atoms with Crippen molar-refractivity contribution in [2.24, 2.45) is 36.6 Å². The van der Waals surface area contributed by atoms with E-state index in [9.17, 15) is 4.79 Å². The first-order valence-corrected chi connectivity index (χ1v) is 8.53. The summed E-state index contributed by atoms with van der Waals surface area (Å²) in [6.07, 6.45) is 8.73. The number of aromatic nitrogens is 3. The quantitative estimate of drug-likeness (QED) is 0.889. The highest BCUT2D eigenvalue weighted by Gasteiger charge is 2.47. The maximum absolute atomic E-state index is 12.0. The molecule has 6 heteroatoms. The second-order valence-electron chi connectivity index (χ2n) is 7.49. The Labute approximate surface area is 131 Å². The summed E-state index contributed by atoms with van der Waals surface area (Å²) in [5.41, 5.74) is 0. The summed E-state index contributed by atoms with van der Waals surface area (Å²) in [5, 5.41) is 10.1. The first-order chi connectivity index (χ1) is 10.7. The molecule has 4 aliphatic carbocycles. The molecular formula is C16H25N5O. The van der Waals surface area contributed by atoms with Crippen molar-refractivity contribution in [2.45, 2.75) is 38.6 Å². The van der Waals surface area contributed by atoms with Gasteiger partial charge in [-0.3, -0.25) is 4.68 Å². The lowest BCUT2D eigenvalue weighted by Crippen LogP contribution is -2.50. The van der Waals surface area contributed by atoms with Gasteiger partial charge in [0, 0.05) is 13.6 Å². The molecule has 4 fully saturated rings. The van der Waals surface area contributed by atoms with Gasteiger partial charge in [0.1, 0.15) is 6.33 Å². The molecular weight excluding hydrogens is 278 g/mol. The fraction of sp³-hybridized carbons (Fsp3) is 0.812. The molecule has 4 saturated carbocycles. The Morgan fingerprint density at radius 2 is 1.86 bits per heavy atom. The van der Waals surface area contributed by atoms with Gasteiger partial charge in [-0.15, -0.1) is 0 Å². The Morgan fingerprint density at radius 1 is 1.18 bits per heavy atom. The van der Waals surface area contributed by atoms with E-state index in [4.69, 9.17) is 0 Å². The third-order valence-corrected chi connectivity index (χ3v) is 5.97. The van der Waals surface area contributed by atoms with Gasteiger partial charge in [-0.05, 0) is 61.7 Å². The normalized spacial score (nSPS) is 35.6. The molecule has 0 spiro atoms. The topological polar surface area (TPSA) is 71.8 Å².